The van der Waals surface area contributed by atoms with E-state index >= 15 is 0 Å². The second-order valence-corrected chi connectivity index (χ2v) is 9.36. The van der Waals surface area contributed by atoms with Gasteiger partial charge >= 0.3 is 0 Å². The van der Waals surface area contributed by atoms with Gasteiger partial charge in [0.2, 0.25) is 0 Å². The molecule has 6 heteroatoms. The van der Waals surface area contributed by atoms with Crippen LogP contribution in [0.25, 0.3) is 0 Å². The number of aromatic hydroxyl groups is 1. The van der Waals surface area contributed by atoms with E-state index in [-0.39, 0.29) is 29.5 Å². The fourth-order valence-corrected chi connectivity index (χ4v) is 5.71. The van der Waals surface area contributed by atoms with Crippen LogP contribution in [0.4, 0.5) is 5.69 Å². The Kier molecular flexibility index (Phi) is 5.29. The minimum absolute atomic E-state index is 0.0285. The average Bonchev–Trinajstić information content (AvgIpc) is 3.29. The highest BCUT2D eigenvalue weighted by Gasteiger charge is 2.44. The van der Waals surface area contributed by atoms with Crippen molar-refractivity contribution in [3.63, 3.8) is 0 Å². The molecule has 0 fully saturated rings. The number of nitrogens with two attached hydrogens (primary N) is 1. The Morgan fingerprint density at radius 2 is 1.69 bits per heavy atom. The lowest BCUT2D eigenvalue weighted by Gasteiger charge is -2.38. The maximum absolute atomic E-state index is 10.6. The summed E-state index contributed by atoms with van der Waals surface area (Å²) < 4.78 is 11.8. The summed E-state index contributed by atoms with van der Waals surface area (Å²) in [5.41, 5.74) is 12.2. The van der Waals surface area contributed by atoms with E-state index in [2.05, 4.69) is 29.6 Å². The van der Waals surface area contributed by atoms with Crippen molar-refractivity contribution in [1.29, 1.82) is 5.41 Å². The van der Waals surface area contributed by atoms with E-state index in [9.17, 15) is 5.11 Å². The molecule has 1 heterocycles. The van der Waals surface area contributed by atoms with Crippen LogP contribution in [0, 0.1) is 11.3 Å². The molecule has 1 aliphatic heterocycles. The zero-order valence-electron chi connectivity index (χ0n) is 19.9. The fraction of sp³-hybridized carbons (Fsp3) is 0.167. The van der Waals surface area contributed by atoms with E-state index in [0.29, 0.717) is 17.2 Å². The lowest BCUT2D eigenvalue weighted by Crippen LogP contribution is -2.31. The maximum atomic E-state index is 10.6. The Balaban J connectivity index is 1.52. The molecule has 0 aromatic heterocycles. The van der Waals surface area contributed by atoms with Gasteiger partial charge in [0.25, 0.3) is 0 Å². The molecule has 1 unspecified atom stereocenters. The summed E-state index contributed by atoms with van der Waals surface area (Å²) in [6, 6.07) is 27.5. The van der Waals surface area contributed by atoms with Gasteiger partial charge in [-0.3, -0.25) is 5.41 Å². The second kappa shape index (κ2) is 8.64. The first-order valence-electron chi connectivity index (χ1n) is 12.0. The van der Waals surface area contributed by atoms with Crippen LogP contribution in [0.5, 0.6) is 23.0 Å². The first-order chi connectivity index (χ1) is 17.5. The third-order valence-electron chi connectivity index (χ3n) is 7.33. The van der Waals surface area contributed by atoms with Gasteiger partial charge in [-0.15, -0.1) is 0 Å². The minimum atomic E-state index is -0.105. The molecule has 3 atom stereocenters. The maximum Gasteiger partial charge on any atom is 0.161 e. The molecule has 0 radical (unpaired) electrons. The molecule has 36 heavy (non-hydrogen) atoms. The smallest absolute Gasteiger partial charge is 0.161 e. The van der Waals surface area contributed by atoms with Gasteiger partial charge in [0.05, 0.1) is 13.2 Å². The summed E-state index contributed by atoms with van der Waals surface area (Å²) in [6.45, 7) is 0. The molecule has 0 bridgehead atoms. The van der Waals surface area contributed by atoms with Crippen molar-refractivity contribution in [3.8, 4) is 23.0 Å². The number of amidine groups is 1. The van der Waals surface area contributed by atoms with Gasteiger partial charge in [-0.25, -0.2) is 0 Å². The number of nitrogen functional groups attached to an aromatic ring is 1. The Hall–Kier alpha value is -4.45. The van der Waals surface area contributed by atoms with Crippen molar-refractivity contribution in [2.24, 2.45) is 11.7 Å². The van der Waals surface area contributed by atoms with Gasteiger partial charge in [-0.1, -0.05) is 42.5 Å². The van der Waals surface area contributed by atoms with Crippen molar-refractivity contribution in [2.45, 2.75) is 18.4 Å². The number of hydrogen-bond acceptors (Lipinski definition) is 5. The van der Waals surface area contributed by atoms with Crippen LogP contribution >= 0.6 is 0 Å². The van der Waals surface area contributed by atoms with Crippen LogP contribution < -0.4 is 20.5 Å². The molecule has 0 spiro atoms. The summed E-state index contributed by atoms with van der Waals surface area (Å²) in [5, 5.41) is 22.3. The Morgan fingerprint density at radius 1 is 0.917 bits per heavy atom. The van der Waals surface area contributed by atoms with Crippen molar-refractivity contribution in [3.05, 3.63) is 113 Å². The summed E-state index contributed by atoms with van der Waals surface area (Å²) in [7, 11) is 1.55. The highest BCUT2D eigenvalue weighted by atomic mass is 16.5. The van der Waals surface area contributed by atoms with Crippen LogP contribution in [-0.4, -0.2) is 18.1 Å². The quantitative estimate of drug-likeness (QED) is 0.210. The topological polar surface area (TPSA) is 101 Å². The van der Waals surface area contributed by atoms with Gasteiger partial charge in [0.15, 0.2) is 11.5 Å². The lowest BCUT2D eigenvalue weighted by atomic mass is 9.75. The molecule has 4 aromatic carbocycles. The molecule has 0 amide bonds. The van der Waals surface area contributed by atoms with E-state index in [1.165, 1.54) is 11.1 Å². The summed E-state index contributed by atoms with van der Waals surface area (Å²) in [5.74, 6) is 2.07. The molecular weight excluding hydrogens is 450 g/mol. The SMILES string of the molecule is COc1cc(C2Nc3ccc(C(=N)N)cc3[C@H]3c4ccccc4C[C@@H]23)c(Oc2ccccc2)cc1O. The standard InChI is InChI=1S/C30H27N3O3/c1-35-27-15-22(26(16-25(27)34)36-19-8-3-2-4-9-19)29-23-13-17-7-5-6-10-20(17)28(23)21-14-18(30(31)32)11-12-24(21)33-29/h2-12,14-16,23,28-29,33-34H,13H2,1H3,(H3,31,32)/t23-,28-,29?/m1/s1. The van der Waals surface area contributed by atoms with Crippen LogP contribution in [0.15, 0.2) is 84.9 Å². The molecule has 180 valence electrons. The Bertz CT molecular complexity index is 1470. The number of phenols is 1. The minimum Gasteiger partial charge on any atom is -0.504 e. The molecule has 0 saturated carbocycles. The van der Waals surface area contributed by atoms with Gasteiger partial charge in [0, 0.05) is 28.8 Å². The van der Waals surface area contributed by atoms with E-state index < -0.39 is 0 Å². The van der Waals surface area contributed by atoms with E-state index in [4.69, 9.17) is 20.6 Å². The Labute approximate surface area is 209 Å². The van der Waals surface area contributed by atoms with Crippen molar-refractivity contribution in [1.82, 2.24) is 0 Å². The number of anilines is 1. The monoisotopic (exact) mass is 477 g/mol. The average molecular weight is 478 g/mol. The highest BCUT2D eigenvalue weighted by molar-refractivity contribution is 5.95. The largest absolute Gasteiger partial charge is 0.504 e. The predicted octanol–water partition coefficient (Wildman–Crippen LogP) is 5.95. The number of phenolic OH excluding ortho intramolecular Hbond substituents is 1. The van der Waals surface area contributed by atoms with Gasteiger partial charge in [-0.2, -0.15) is 0 Å². The first-order valence-corrected chi connectivity index (χ1v) is 12.0. The van der Waals surface area contributed by atoms with Crippen molar-refractivity contribution < 1.29 is 14.6 Å². The predicted molar refractivity (Wildman–Crippen MR) is 140 cm³/mol. The number of hydrogen-bond donors (Lipinski definition) is 4. The number of ether oxygens (including phenoxy) is 2. The molecule has 1 aliphatic carbocycles. The molecular formula is C30H27N3O3. The van der Waals surface area contributed by atoms with E-state index in [1.807, 2.05) is 54.6 Å². The van der Waals surface area contributed by atoms with Crippen LogP contribution in [0.3, 0.4) is 0 Å². The van der Waals surface area contributed by atoms with E-state index in [1.54, 1.807) is 13.2 Å². The normalized spacial score (nSPS) is 19.4. The summed E-state index contributed by atoms with van der Waals surface area (Å²) in [6.07, 6.45) is 0.885. The van der Waals surface area contributed by atoms with E-state index in [0.717, 1.165) is 28.8 Å². The summed E-state index contributed by atoms with van der Waals surface area (Å²) >= 11 is 0. The zero-order chi connectivity index (χ0) is 24.8. The van der Waals surface area contributed by atoms with Gasteiger partial charge in [-0.05, 0) is 65.4 Å². The summed E-state index contributed by atoms with van der Waals surface area (Å²) in [4.78, 5) is 0. The third kappa shape index (κ3) is 3.62. The number of nitrogens with one attached hydrogen (secondary N) is 2. The second-order valence-electron chi connectivity index (χ2n) is 9.36. The van der Waals surface area contributed by atoms with Crippen LogP contribution in [0.2, 0.25) is 0 Å². The van der Waals surface area contributed by atoms with Gasteiger partial charge < -0.3 is 25.6 Å². The molecule has 5 N–H and O–H groups in total. The fourth-order valence-electron chi connectivity index (χ4n) is 5.71. The molecule has 6 nitrogen and oxygen atoms in total. The third-order valence-corrected chi connectivity index (χ3v) is 7.33. The molecule has 0 saturated heterocycles. The number of benzene rings is 4. The van der Waals surface area contributed by atoms with Crippen molar-refractivity contribution in [2.75, 3.05) is 12.4 Å². The molecule has 4 aromatic rings. The molecule has 6 rings (SSSR count). The van der Waals surface area contributed by atoms with Crippen molar-refractivity contribution >= 4 is 11.5 Å². The highest BCUT2D eigenvalue weighted by Crippen LogP contribution is 2.56. The zero-order valence-corrected chi connectivity index (χ0v) is 19.9. The number of fused-ring (bicyclic) bond motifs is 5. The number of methoxy groups -OCH3 is 1. The number of rotatable bonds is 5. The lowest BCUT2D eigenvalue weighted by molar-refractivity contribution is 0.362. The Morgan fingerprint density at radius 3 is 2.47 bits per heavy atom. The number of para-hydroxylation sites is 1. The first kappa shape index (κ1) is 22.0. The molecule has 2 aliphatic rings. The van der Waals surface area contributed by atoms with Crippen LogP contribution in [0.1, 0.15) is 39.8 Å². The van der Waals surface area contributed by atoms with Crippen LogP contribution in [-0.2, 0) is 6.42 Å². The van der Waals surface area contributed by atoms with Gasteiger partial charge in [0.1, 0.15) is 17.3 Å².